The van der Waals surface area contributed by atoms with Crippen LogP contribution in [0.3, 0.4) is 0 Å². The molecular weight excluding hydrogens is 583 g/mol. The van der Waals surface area contributed by atoms with E-state index in [0.717, 1.165) is 58.5 Å². The van der Waals surface area contributed by atoms with Crippen molar-refractivity contribution in [3.05, 3.63) is 136 Å². The van der Waals surface area contributed by atoms with Crippen LogP contribution in [0.15, 0.2) is 113 Å². The monoisotopic (exact) mass is 612 g/mol. The summed E-state index contributed by atoms with van der Waals surface area (Å²) < 4.78 is 15.5. The second kappa shape index (κ2) is 11.0. The number of non-ortho nitro benzene ring substituents is 1. The molecule has 0 spiro atoms. The van der Waals surface area contributed by atoms with Crippen LogP contribution in [0.25, 0.3) is 5.69 Å². The zero-order valence-corrected chi connectivity index (χ0v) is 25.0. The lowest BCUT2D eigenvalue weighted by molar-refractivity contribution is -0.384. The Kier molecular flexibility index (Phi) is 6.59. The maximum Gasteiger partial charge on any atom is 0.269 e. The van der Waals surface area contributed by atoms with Gasteiger partial charge in [-0.05, 0) is 73.2 Å². The van der Waals surface area contributed by atoms with Gasteiger partial charge in [0.1, 0.15) is 5.82 Å². The van der Waals surface area contributed by atoms with E-state index >= 15 is 0 Å². The summed E-state index contributed by atoms with van der Waals surface area (Å²) in [6.45, 7) is 4.83. The van der Waals surface area contributed by atoms with Gasteiger partial charge in [-0.3, -0.25) is 10.1 Å². The van der Waals surface area contributed by atoms with Crippen molar-refractivity contribution in [2.45, 2.75) is 13.0 Å². The number of nitro benzene ring substituents is 1. The predicted octanol–water partition coefficient (Wildman–Crippen LogP) is 6.73. The first-order valence-electron chi connectivity index (χ1n) is 15.2. The molecule has 0 aliphatic carbocycles. The first-order chi connectivity index (χ1) is 22.5. The second-order valence-corrected chi connectivity index (χ2v) is 11.5. The Balaban J connectivity index is 1.27. The third-order valence-corrected chi connectivity index (χ3v) is 8.81. The van der Waals surface area contributed by atoms with E-state index in [1.807, 2.05) is 90.5 Å². The first kappa shape index (κ1) is 27.7. The lowest BCUT2D eigenvalue weighted by atomic mass is 9.93. The number of fused-ring (bicyclic) bond motifs is 4. The number of halogens is 1. The number of hydrogen-bond donors (Lipinski definition) is 0. The standard InChI is InChI=1S/C35H29FN8O2/c1-23-31-32(24-11-15-28(16-12-24)44(45)46)42-30-10-6-5-9-29(30)37-34(35(42)38-33(31)43(39-23)27-7-3-2-4-8-27)41-21-19-40(20-22-41)26-17-13-25(36)14-18-26/h2-18,32H,19-22H2,1H3. The molecule has 4 aromatic carbocycles. The number of rotatable bonds is 4. The minimum Gasteiger partial charge on any atom is -0.368 e. The highest BCUT2D eigenvalue weighted by Crippen LogP contribution is 2.48. The lowest BCUT2D eigenvalue weighted by Crippen LogP contribution is -2.55. The van der Waals surface area contributed by atoms with Crippen molar-refractivity contribution in [2.75, 3.05) is 36.0 Å². The predicted molar refractivity (Wildman–Crippen MR) is 177 cm³/mol. The summed E-state index contributed by atoms with van der Waals surface area (Å²) in [7, 11) is 0. The van der Waals surface area contributed by atoms with E-state index in [0.29, 0.717) is 24.7 Å². The highest BCUT2D eigenvalue weighted by atomic mass is 19.1. The molecule has 0 saturated carbocycles. The SMILES string of the molecule is Cc1nn(-c2ccccc2)c2c1C(c1ccc([N+](=O)[O-])cc1)N1C(=N2)C(N2CCN(c3ccc(F)cc3)CC2)=Nc2ccccc21. The molecule has 46 heavy (non-hydrogen) atoms. The van der Waals surface area contributed by atoms with Crippen LogP contribution in [-0.2, 0) is 0 Å². The summed E-state index contributed by atoms with van der Waals surface area (Å²) in [4.78, 5) is 28.4. The molecule has 3 aliphatic rings. The molecule has 1 unspecified atom stereocenters. The van der Waals surface area contributed by atoms with Crippen LogP contribution in [0.2, 0.25) is 0 Å². The number of nitro groups is 1. The van der Waals surface area contributed by atoms with E-state index in [4.69, 9.17) is 15.1 Å². The van der Waals surface area contributed by atoms with Gasteiger partial charge in [-0.2, -0.15) is 5.10 Å². The Morgan fingerprint density at radius 3 is 2.15 bits per heavy atom. The van der Waals surface area contributed by atoms with Gasteiger partial charge in [-0.15, -0.1) is 0 Å². The molecule has 0 amide bonds. The van der Waals surface area contributed by atoms with Crippen LogP contribution < -0.4 is 9.80 Å². The van der Waals surface area contributed by atoms with Crippen LogP contribution in [0, 0.1) is 22.9 Å². The van der Waals surface area contributed by atoms with Crippen LogP contribution in [0.5, 0.6) is 0 Å². The van der Waals surface area contributed by atoms with Crippen molar-refractivity contribution in [2.24, 2.45) is 9.98 Å². The third-order valence-electron chi connectivity index (χ3n) is 8.81. The zero-order chi connectivity index (χ0) is 31.4. The van der Waals surface area contributed by atoms with Gasteiger partial charge in [0.25, 0.3) is 5.69 Å². The molecule has 8 rings (SSSR count). The van der Waals surface area contributed by atoms with Gasteiger partial charge in [-0.1, -0.05) is 30.3 Å². The maximum atomic E-state index is 13.6. The molecule has 11 heteroatoms. The van der Waals surface area contributed by atoms with Gasteiger partial charge >= 0.3 is 0 Å². The van der Waals surface area contributed by atoms with Gasteiger partial charge in [0, 0.05) is 49.6 Å². The van der Waals surface area contributed by atoms with Crippen molar-refractivity contribution in [3.63, 3.8) is 0 Å². The van der Waals surface area contributed by atoms with E-state index in [1.54, 1.807) is 12.1 Å². The average molecular weight is 613 g/mol. The fraction of sp³-hybridized carbons (Fsp3) is 0.171. The molecule has 4 heterocycles. The Hall–Kier alpha value is -5.84. The highest BCUT2D eigenvalue weighted by molar-refractivity contribution is 6.48. The molecule has 0 bridgehead atoms. The third kappa shape index (κ3) is 4.59. The number of anilines is 2. The number of benzene rings is 4. The molecule has 5 aromatic rings. The number of aliphatic imine (C=N–C) groups is 2. The summed E-state index contributed by atoms with van der Waals surface area (Å²) in [6.07, 6.45) is 0. The molecule has 10 nitrogen and oxygen atoms in total. The maximum absolute atomic E-state index is 13.6. The fourth-order valence-corrected chi connectivity index (χ4v) is 6.58. The Bertz CT molecular complexity index is 2010. The zero-order valence-electron chi connectivity index (χ0n) is 25.0. The molecule has 0 N–H and O–H groups in total. The van der Waals surface area contributed by atoms with Gasteiger partial charge in [0.15, 0.2) is 17.5 Å². The quantitative estimate of drug-likeness (QED) is 0.165. The number of nitrogens with zero attached hydrogens (tertiary/aromatic N) is 8. The summed E-state index contributed by atoms with van der Waals surface area (Å²) in [6, 6.07) is 30.9. The molecule has 1 fully saturated rings. The van der Waals surface area contributed by atoms with E-state index < -0.39 is 0 Å². The minimum absolute atomic E-state index is 0.0331. The summed E-state index contributed by atoms with van der Waals surface area (Å²) in [5.74, 6) is 1.91. The highest BCUT2D eigenvalue weighted by Gasteiger charge is 2.43. The largest absolute Gasteiger partial charge is 0.368 e. The topological polar surface area (TPSA) is 95.4 Å². The number of aryl methyl sites for hydroxylation is 1. The number of hydrogen-bond acceptors (Lipinski definition) is 8. The van der Waals surface area contributed by atoms with E-state index in [-0.39, 0.29) is 22.5 Å². The molecule has 1 aromatic heterocycles. The van der Waals surface area contributed by atoms with Crippen LogP contribution >= 0.6 is 0 Å². The van der Waals surface area contributed by atoms with E-state index in [2.05, 4.69) is 14.7 Å². The van der Waals surface area contributed by atoms with Crippen molar-refractivity contribution in [1.82, 2.24) is 14.7 Å². The number of aromatic nitrogens is 2. The molecule has 1 atom stereocenters. The van der Waals surface area contributed by atoms with Gasteiger partial charge in [0.2, 0.25) is 0 Å². The molecule has 228 valence electrons. The number of para-hydroxylation sites is 3. The number of piperazine rings is 1. The second-order valence-electron chi connectivity index (χ2n) is 11.5. The van der Waals surface area contributed by atoms with Gasteiger partial charge in [0.05, 0.1) is 33.7 Å². The van der Waals surface area contributed by atoms with Crippen molar-refractivity contribution < 1.29 is 9.31 Å². The minimum atomic E-state index is -0.381. The van der Waals surface area contributed by atoms with Crippen LogP contribution in [-0.4, -0.2) is 57.5 Å². The van der Waals surface area contributed by atoms with Crippen LogP contribution in [0.4, 0.5) is 33.0 Å². The van der Waals surface area contributed by atoms with Gasteiger partial charge < -0.3 is 14.7 Å². The summed E-state index contributed by atoms with van der Waals surface area (Å²) in [5.41, 5.74) is 6.25. The Morgan fingerprint density at radius 2 is 1.43 bits per heavy atom. The van der Waals surface area contributed by atoms with Crippen molar-refractivity contribution >= 4 is 40.2 Å². The lowest BCUT2D eigenvalue weighted by Gasteiger charge is -2.44. The Morgan fingerprint density at radius 1 is 0.761 bits per heavy atom. The first-order valence-corrected chi connectivity index (χ1v) is 15.2. The van der Waals surface area contributed by atoms with E-state index in [9.17, 15) is 14.5 Å². The van der Waals surface area contributed by atoms with Gasteiger partial charge in [-0.25, -0.2) is 19.1 Å². The van der Waals surface area contributed by atoms with E-state index in [1.165, 1.54) is 12.1 Å². The Labute approximate surface area is 264 Å². The molecule has 0 radical (unpaired) electrons. The van der Waals surface area contributed by atoms with Crippen molar-refractivity contribution in [3.8, 4) is 5.69 Å². The van der Waals surface area contributed by atoms with Crippen LogP contribution in [0.1, 0.15) is 22.9 Å². The average Bonchev–Trinajstić information content (AvgIpc) is 3.43. The number of amidine groups is 2. The molecule has 3 aliphatic heterocycles. The summed E-state index contributed by atoms with van der Waals surface area (Å²) >= 11 is 0. The van der Waals surface area contributed by atoms with Crippen molar-refractivity contribution in [1.29, 1.82) is 0 Å². The fourth-order valence-electron chi connectivity index (χ4n) is 6.58. The summed E-state index contributed by atoms with van der Waals surface area (Å²) in [5, 5.41) is 16.5. The molecule has 1 saturated heterocycles. The smallest absolute Gasteiger partial charge is 0.269 e. The normalized spacial score (nSPS) is 17.1. The molecular formula is C35H29FN8O2.